The Hall–Kier alpha value is -3.94. The Morgan fingerprint density at radius 3 is 2.65 bits per heavy atom. The molecule has 0 unspecified atom stereocenters. The second-order valence-corrected chi connectivity index (χ2v) is 5.44. The van der Waals surface area contributed by atoms with E-state index in [2.05, 4.69) is 20.3 Å². The van der Waals surface area contributed by atoms with Crippen LogP contribution >= 0.6 is 0 Å². The summed E-state index contributed by atoms with van der Waals surface area (Å²) in [6.07, 6.45) is 1.53. The summed E-state index contributed by atoms with van der Waals surface area (Å²) in [4.78, 5) is 33.1. The number of anilines is 1. The van der Waals surface area contributed by atoms with Gasteiger partial charge in [-0.3, -0.25) is 10.1 Å². The number of aromatic nitrogens is 3. The monoisotopic (exact) mass is 348 g/mol. The number of aromatic amines is 1. The van der Waals surface area contributed by atoms with Crippen molar-refractivity contribution in [3.63, 3.8) is 0 Å². The Bertz CT molecular complexity index is 1200. The maximum atomic E-state index is 11.4. The number of carbonyl (C=O) groups is 1. The summed E-state index contributed by atoms with van der Waals surface area (Å²) in [5.74, 6) is 0.951. The topological polar surface area (TPSA) is 117 Å². The van der Waals surface area contributed by atoms with Gasteiger partial charge in [0.25, 0.3) is 5.56 Å². The summed E-state index contributed by atoms with van der Waals surface area (Å²) >= 11 is 0. The number of hydrogen-bond acceptors (Lipinski definition) is 5. The molecule has 0 fully saturated rings. The molecule has 128 valence electrons. The van der Waals surface area contributed by atoms with E-state index in [1.807, 2.05) is 18.2 Å². The Balaban J connectivity index is 1.84. The average Bonchev–Trinajstić information content (AvgIpc) is 2.63. The molecule has 0 radical (unpaired) electrons. The minimum Gasteiger partial charge on any atom is -0.465 e. The lowest BCUT2D eigenvalue weighted by Crippen LogP contribution is -2.07. The molecule has 0 spiro atoms. The van der Waals surface area contributed by atoms with Gasteiger partial charge in [0, 0.05) is 23.0 Å². The lowest BCUT2D eigenvalue weighted by Gasteiger charge is -2.13. The molecule has 0 saturated heterocycles. The van der Waals surface area contributed by atoms with E-state index in [4.69, 9.17) is 9.84 Å². The number of nitrogens with one attached hydrogen (secondary N) is 2. The molecule has 3 N–H and O–H groups in total. The van der Waals surface area contributed by atoms with Gasteiger partial charge in [-0.25, -0.2) is 14.8 Å². The largest absolute Gasteiger partial charge is 0.465 e. The number of ether oxygens (including phenoxy) is 1. The van der Waals surface area contributed by atoms with E-state index >= 15 is 0 Å². The second-order valence-electron chi connectivity index (χ2n) is 5.44. The first-order valence-electron chi connectivity index (χ1n) is 7.65. The van der Waals surface area contributed by atoms with Gasteiger partial charge in [-0.15, -0.1) is 0 Å². The predicted octanol–water partition coefficient (Wildman–Crippen LogP) is 3.35. The maximum Gasteiger partial charge on any atom is 0.409 e. The number of pyridine rings is 1. The molecule has 1 amide bonds. The number of hydrogen-bond donors (Lipinski definition) is 3. The molecule has 8 heteroatoms. The third-order valence-corrected chi connectivity index (χ3v) is 3.79. The van der Waals surface area contributed by atoms with E-state index in [0.717, 1.165) is 11.6 Å². The molecule has 4 rings (SSSR count). The molecule has 26 heavy (non-hydrogen) atoms. The first-order valence-corrected chi connectivity index (χ1v) is 7.65. The molecule has 0 bridgehead atoms. The first kappa shape index (κ1) is 15.6. The molecule has 2 heterocycles. The zero-order chi connectivity index (χ0) is 18.1. The predicted molar refractivity (Wildman–Crippen MR) is 95.8 cm³/mol. The minimum absolute atomic E-state index is 0.323. The number of rotatable bonds is 3. The molecular formula is C18H12N4O4. The van der Waals surface area contributed by atoms with Crippen molar-refractivity contribution in [1.82, 2.24) is 15.0 Å². The summed E-state index contributed by atoms with van der Waals surface area (Å²) in [6.45, 7) is 0. The van der Waals surface area contributed by atoms with Crippen molar-refractivity contribution in [3.8, 4) is 11.5 Å². The van der Waals surface area contributed by atoms with Crippen LogP contribution in [0.1, 0.15) is 0 Å². The van der Waals surface area contributed by atoms with E-state index in [1.165, 1.54) is 6.20 Å². The van der Waals surface area contributed by atoms with E-state index in [9.17, 15) is 9.59 Å². The highest BCUT2D eigenvalue weighted by Gasteiger charge is 2.12. The number of benzene rings is 2. The zero-order valence-electron chi connectivity index (χ0n) is 13.3. The normalized spacial score (nSPS) is 10.8. The third-order valence-electron chi connectivity index (χ3n) is 3.79. The van der Waals surface area contributed by atoms with Gasteiger partial charge in [-0.05, 0) is 12.1 Å². The van der Waals surface area contributed by atoms with Gasteiger partial charge >= 0.3 is 6.09 Å². The Kier molecular flexibility index (Phi) is 3.70. The summed E-state index contributed by atoms with van der Waals surface area (Å²) in [5, 5.41) is 12.8. The van der Waals surface area contributed by atoms with Crippen LogP contribution in [-0.2, 0) is 0 Å². The van der Waals surface area contributed by atoms with Gasteiger partial charge in [0.1, 0.15) is 11.3 Å². The second kappa shape index (κ2) is 6.17. The van der Waals surface area contributed by atoms with Crippen LogP contribution in [0.25, 0.3) is 21.9 Å². The van der Waals surface area contributed by atoms with Crippen LogP contribution in [0.4, 0.5) is 10.5 Å². The van der Waals surface area contributed by atoms with Crippen molar-refractivity contribution in [2.24, 2.45) is 0 Å². The number of carboxylic acid groups (broad SMARTS) is 1. The van der Waals surface area contributed by atoms with Crippen molar-refractivity contribution >= 4 is 33.7 Å². The Morgan fingerprint density at radius 1 is 1.04 bits per heavy atom. The van der Waals surface area contributed by atoms with E-state index in [1.54, 1.807) is 24.3 Å². The lowest BCUT2D eigenvalue weighted by atomic mass is 10.1. The molecule has 2 aromatic carbocycles. The molecular weight excluding hydrogens is 336 g/mol. The van der Waals surface area contributed by atoms with Crippen molar-refractivity contribution in [2.75, 3.05) is 5.32 Å². The first-order chi connectivity index (χ1) is 12.6. The van der Waals surface area contributed by atoms with Gasteiger partial charge < -0.3 is 14.8 Å². The van der Waals surface area contributed by atoms with Gasteiger partial charge in [0.05, 0.1) is 11.9 Å². The zero-order valence-corrected chi connectivity index (χ0v) is 13.3. The van der Waals surface area contributed by atoms with Crippen LogP contribution in [-0.4, -0.2) is 26.2 Å². The highest BCUT2D eigenvalue weighted by molar-refractivity contribution is 6.02. The van der Waals surface area contributed by atoms with Crippen LogP contribution in [0, 0.1) is 0 Å². The van der Waals surface area contributed by atoms with Gasteiger partial charge in [-0.1, -0.05) is 24.3 Å². The van der Waals surface area contributed by atoms with Crippen molar-refractivity contribution in [2.45, 2.75) is 0 Å². The molecule has 0 aliphatic carbocycles. The fraction of sp³-hybridized carbons (Fsp3) is 0. The standard InChI is InChI=1S/C18H12N4O4/c23-15-9-20-16-14(7-8-19-17(16)22-15)26-13-6-5-12(21-18(24)25)10-3-1-2-4-11(10)13/h1-9,21H,(H,24,25)(H,19,22,23). The summed E-state index contributed by atoms with van der Waals surface area (Å²) in [7, 11) is 0. The van der Waals surface area contributed by atoms with Gasteiger partial charge in [0.2, 0.25) is 0 Å². The van der Waals surface area contributed by atoms with Gasteiger partial charge in [0.15, 0.2) is 11.4 Å². The molecule has 0 atom stereocenters. The summed E-state index contributed by atoms with van der Waals surface area (Å²) in [6, 6.07) is 12.2. The number of fused-ring (bicyclic) bond motifs is 2. The molecule has 0 aliphatic rings. The summed E-state index contributed by atoms with van der Waals surface area (Å²) < 4.78 is 6.01. The van der Waals surface area contributed by atoms with Crippen molar-refractivity contribution in [1.29, 1.82) is 0 Å². The van der Waals surface area contributed by atoms with Crippen LogP contribution in [0.3, 0.4) is 0 Å². The summed E-state index contributed by atoms with van der Waals surface area (Å²) in [5.41, 5.74) is 0.853. The molecule has 8 nitrogen and oxygen atoms in total. The Morgan fingerprint density at radius 2 is 1.85 bits per heavy atom. The van der Waals surface area contributed by atoms with Crippen LogP contribution < -0.4 is 15.6 Å². The van der Waals surface area contributed by atoms with E-state index in [0.29, 0.717) is 33.7 Å². The molecule has 0 aliphatic heterocycles. The number of H-pyrrole nitrogens is 1. The van der Waals surface area contributed by atoms with Crippen molar-refractivity contribution in [3.05, 3.63) is 65.2 Å². The average molecular weight is 348 g/mol. The maximum absolute atomic E-state index is 11.4. The smallest absolute Gasteiger partial charge is 0.409 e. The lowest BCUT2D eigenvalue weighted by molar-refractivity contribution is 0.210. The van der Waals surface area contributed by atoms with E-state index < -0.39 is 6.09 Å². The van der Waals surface area contributed by atoms with E-state index in [-0.39, 0.29) is 5.56 Å². The Labute approximate surface area is 146 Å². The molecule has 4 aromatic rings. The number of nitrogens with zero attached hydrogens (tertiary/aromatic N) is 2. The van der Waals surface area contributed by atoms with Crippen LogP contribution in [0.15, 0.2) is 59.7 Å². The highest BCUT2D eigenvalue weighted by atomic mass is 16.5. The third kappa shape index (κ3) is 2.80. The van der Waals surface area contributed by atoms with Crippen LogP contribution in [0.2, 0.25) is 0 Å². The highest BCUT2D eigenvalue weighted by Crippen LogP contribution is 2.35. The van der Waals surface area contributed by atoms with Crippen molar-refractivity contribution < 1.29 is 14.6 Å². The SMILES string of the molecule is O=C(O)Nc1ccc(Oc2ccnc3[nH]c(=O)cnc23)c2ccccc12. The van der Waals surface area contributed by atoms with Crippen LogP contribution in [0.5, 0.6) is 11.5 Å². The molecule has 0 saturated carbocycles. The number of amides is 1. The minimum atomic E-state index is -1.14. The quantitative estimate of drug-likeness (QED) is 0.523. The van der Waals surface area contributed by atoms with Gasteiger partial charge in [-0.2, -0.15) is 0 Å². The fourth-order valence-electron chi connectivity index (χ4n) is 2.71. The molecule has 2 aromatic heterocycles. The fourth-order valence-corrected chi connectivity index (χ4v) is 2.71.